The first-order valence-electron chi connectivity index (χ1n) is 9.86. The highest BCUT2D eigenvalue weighted by Crippen LogP contribution is 2.32. The molecule has 1 aliphatic rings. The molecular weight excluding hydrogens is 497 g/mol. The van der Waals surface area contributed by atoms with E-state index in [0.717, 1.165) is 53.9 Å². The molecule has 8 heteroatoms. The Bertz CT molecular complexity index is 845. The fraction of sp³-hybridized carbons (Fsp3) is 0.409. The normalized spacial score (nSPS) is 12.2. The molecule has 1 aliphatic heterocycles. The van der Waals surface area contributed by atoms with Crippen LogP contribution in [0.3, 0.4) is 0 Å². The van der Waals surface area contributed by atoms with Crippen LogP contribution in [0.15, 0.2) is 41.4 Å². The molecule has 3 rings (SSSR count). The van der Waals surface area contributed by atoms with Gasteiger partial charge in [-0.3, -0.25) is 4.99 Å². The number of fused-ring (bicyclic) bond motifs is 1. The minimum atomic E-state index is 0. The van der Waals surface area contributed by atoms with Crippen molar-refractivity contribution in [2.24, 2.45) is 4.99 Å². The van der Waals surface area contributed by atoms with Crippen LogP contribution >= 0.6 is 24.0 Å². The van der Waals surface area contributed by atoms with Gasteiger partial charge in [-0.05, 0) is 55.2 Å². The van der Waals surface area contributed by atoms with Gasteiger partial charge in [-0.1, -0.05) is 12.1 Å². The van der Waals surface area contributed by atoms with E-state index in [2.05, 4.69) is 27.8 Å². The third-order valence-electron chi connectivity index (χ3n) is 4.58. The highest BCUT2D eigenvalue weighted by molar-refractivity contribution is 14.0. The Kier molecular flexibility index (Phi) is 9.85. The van der Waals surface area contributed by atoms with Gasteiger partial charge < -0.3 is 29.6 Å². The molecule has 2 N–H and O–H groups in total. The molecule has 0 radical (unpaired) electrons. The Balaban J connectivity index is 0.00000320. The minimum absolute atomic E-state index is 0. The largest absolute Gasteiger partial charge is 0.493 e. The first-order valence-corrected chi connectivity index (χ1v) is 9.86. The van der Waals surface area contributed by atoms with E-state index in [1.165, 1.54) is 5.56 Å². The van der Waals surface area contributed by atoms with Crippen LogP contribution in [0.2, 0.25) is 0 Å². The topological polar surface area (TPSA) is 73.3 Å². The number of methoxy groups -OCH3 is 1. The molecule has 0 saturated heterocycles. The maximum atomic E-state index is 5.65. The number of hydrogen-bond donors (Lipinski definition) is 2. The summed E-state index contributed by atoms with van der Waals surface area (Å²) < 4.78 is 21.7. The third-order valence-corrected chi connectivity index (χ3v) is 4.58. The number of rotatable bonds is 9. The highest BCUT2D eigenvalue weighted by Gasteiger charge is 2.13. The van der Waals surface area contributed by atoms with Crippen molar-refractivity contribution in [3.05, 3.63) is 47.5 Å². The fourth-order valence-electron chi connectivity index (χ4n) is 3.10. The van der Waals surface area contributed by atoms with Gasteiger partial charge in [0.25, 0.3) is 0 Å². The van der Waals surface area contributed by atoms with Gasteiger partial charge in [0.15, 0.2) is 29.0 Å². The van der Waals surface area contributed by atoms with Crippen LogP contribution < -0.4 is 29.6 Å². The Morgan fingerprint density at radius 2 is 1.83 bits per heavy atom. The molecule has 164 valence electrons. The quantitative estimate of drug-likeness (QED) is 0.224. The summed E-state index contributed by atoms with van der Waals surface area (Å²) >= 11 is 0. The van der Waals surface area contributed by atoms with Crippen molar-refractivity contribution in [2.45, 2.75) is 26.3 Å². The number of nitrogens with zero attached hydrogens (tertiary/aromatic N) is 1. The van der Waals surface area contributed by atoms with E-state index in [1.807, 2.05) is 31.2 Å². The van der Waals surface area contributed by atoms with Crippen LogP contribution in [0.25, 0.3) is 0 Å². The molecule has 1 heterocycles. The third kappa shape index (κ3) is 6.58. The van der Waals surface area contributed by atoms with Gasteiger partial charge in [0, 0.05) is 20.1 Å². The number of guanidine groups is 1. The summed E-state index contributed by atoms with van der Waals surface area (Å²) in [6.07, 6.45) is 1.92. The number of aliphatic imine (C=N–C) groups is 1. The summed E-state index contributed by atoms with van der Waals surface area (Å²) in [6.45, 7) is 4.35. The van der Waals surface area contributed by atoms with E-state index in [1.54, 1.807) is 14.2 Å². The second-order valence-corrected chi connectivity index (χ2v) is 6.56. The number of benzene rings is 2. The number of nitrogens with one attached hydrogen (secondary N) is 2. The molecule has 0 spiro atoms. The van der Waals surface area contributed by atoms with Gasteiger partial charge in [0.05, 0.1) is 13.7 Å². The lowest BCUT2D eigenvalue weighted by Crippen LogP contribution is -2.37. The van der Waals surface area contributed by atoms with Gasteiger partial charge in [-0.15, -0.1) is 24.0 Å². The molecule has 0 atom stereocenters. The van der Waals surface area contributed by atoms with Crippen molar-refractivity contribution in [3.8, 4) is 23.0 Å². The summed E-state index contributed by atoms with van der Waals surface area (Å²) in [7, 11) is 3.43. The van der Waals surface area contributed by atoms with Gasteiger partial charge in [0.1, 0.15) is 0 Å². The molecule has 7 nitrogen and oxygen atoms in total. The zero-order valence-electron chi connectivity index (χ0n) is 17.7. The van der Waals surface area contributed by atoms with Crippen LogP contribution in [0.5, 0.6) is 23.0 Å². The van der Waals surface area contributed by atoms with E-state index in [-0.39, 0.29) is 30.8 Å². The van der Waals surface area contributed by atoms with Crippen LogP contribution in [0, 0.1) is 0 Å². The smallest absolute Gasteiger partial charge is 0.231 e. The average Bonchev–Trinajstić information content (AvgIpc) is 3.21. The number of hydrogen-bond acceptors (Lipinski definition) is 5. The summed E-state index contributed by atoms with van der Waals surface area (Å²) in [5.41, 5.74) is 2.33. The van der Waals surface area contributed by atoms with Gasteiger partial charge >= 0.3 is 0 Å². The van der Waals surface area contributed by atoms with E-state index in [4.69, 9.17) is 18.9 Å². The van der Waals surface area contributed by atoms with Crippen LogP contribution in [0.1, 0.15) is 24.5 Å². The fourth-order valence-corrected chi connectivity index (χ4v) is 3.10. The van der Waals surface area contributed by atoms with E-state index >= 15 is 0 Å². The first-order chi connectivity index (χ1) is 14.2. The van der Waals surface area contributed by atoms with Gasteiger partial charge in [-0.25, -0.2) is 0 Å². The van der Waals surface area contributed by atoms with Crippen LogP contribution in [0.4, 0.5) is 0 Å². The summed E-state index contributed by atoms with van der Waals surface area (Å²) in [5, 5.41) is 6.67. The van der Waals surface area contributed by atoms with E-state index < -0.39 is 0 Å². The molecule has 0 aliphatic carbocycles. The van der Waals surface area contributed by atoms with Crippen molar-refractivity contribution in [1.29, 1.82) is 0 Å². The summed E-state index contributed by atoms with van der Waals surface area (Å²) in [4.78, 5) is 4.28. The molecular formula is C22H30IN3O4. The Hall–Kier alpha value is -2.36. The second-order valence-electron chi connectivity index (χ2n) is 6.56. The Labute approximate surface area is 195 Å². The van der Waals surface area contributed by atoms with Crippen molar-refractivity contribution < 1.29 is 18.9 Å². The molecule has 30 heavy (non-hydrogen) atoms. The van der Waals surface area contributed by atoms with Crippen molar-refractivity contribution in [3.63, 3.8) is 0 Å². The molecule has 0 bridgehead atoms. The lowest BCUT2D eigenvalue weighted by molar-refractivity contribution is 0.174. The molecule has 0 aromatic heterocycles. The maximum absolute atomic E-state index is 5.65. The van der Waals surface area contributed by atoms with Crippen molar-refractivity contribution >= 4 is 29.9 Å². The lowest BCUT2D eigenvalue weighted by Gasteiger charge is -2.13. The van der Waals surface area contributed by atoms with Crippen molar-refractivity contribution in [2.75, 3.05) is 34.1 Å². The number of ether oxygens (including phenoxy) is 4. The molecule has 0 unspecified atom stereocenters. The standard InChI is InChI=1S/C22H29N3O4.HI/c1-4-27-20-12-16(7-9-18(20)26-3)6-5-11-24-22(23-2)25-14-17-8-10-19-21(13-17)29-15-28-19;/h7-10,12-13H,4-6,11,14-15H2,1-3H3,(H2,23,24,25);1H. The number of halogens is 1. The number of aryl methyl sites for hydroxylation is 1. The minimum Gasteiger partial charge on any atom is -0.493 e. The molecule has 2 aromatic carbocycles. The lowest BCUT2D eigenvalue weighted by atomic mass is 10.1. The van der Waals surface area contributed by atoms with Crippen LogP contribution in [-0.4, -0.2) is 40.1 Å². The highest BCUT2D eigenvalue weighted by atomic mass is 127. The zero-order valence-corrected chi connectivity index (χ0v) is 20.0. The Morgan fingerprint density at radius 3 is 2.60 bits per heavy atom. The van der Waals surface area contributed by atoms with E-state index in [0.29, 0.717) is 13.2 Å². The second kappa shape index (κ2) is 12.4. The van der Waals surface area contributed by atoms with Crippen molar-refractivity contribution in [1.82, 2.24) is 10.6 Å². The van der Waals surface area contributed by atoms with Crippen LogP contribution in [-0.2, 0) is 13.0 Å². The Morgan fingerprint density at radius 1 is 1.03 bits per heavy atom. The predicted molar refractivity (Wildman–Crippen MR) is 129 cm³/mol. The molecule has 0 saturated carbocycles. The summed E-state index contributed by atoms with van der Waals surface area (Å²) in [6, 6.07) is 12.0. The van der Waals surface area contributed by atoms with Gasteiger partial charge in [-0.2, -0.15) is 0 Å². The molecule has 0 fully saturated rings. The molecule has 2 aromatic rings. The first kappa shape index (κ1) is 23.9. The zero-order chi connectivity index (χ0) is 20.5. The average molecular weight is 527 g/mol. The summed E-state index contributed by atoms with van der Waals surface area (Å²) in [5.74, 6) is 3.91. The monoisotopic (exact) mass is 527 g/mol. The van der Waals surface area contributed by atoms with E-state index in [9.17, 15) is 0 Å². The SMILES string of the molecule is CCOc1cc(CCCNC(=NC)NCc2ccc3c(c2)OCO3)ccc1OC.I. The van der Waals surface area contributed by atoms with Gasteiger partial charge in [0.2, 0.25) is 6.79 Å². The predicted octanol–water partition coefficient (Wildman–Crippen LogP) is 3.74. The maximum Gasteiger partial charge on any atom is 0.231 e. The molecule has 0 amide bonds.